The minimum atomic E-state index is -0.601. The Morgan fingerprint density at radius 3 is 2.55 bits per heavy atom. The average Bonchev–Trinajstić information content (AvgIpc) is 4.04. The zero-order valence-electron chi connectivity index (χ0n) is 32.3. The van der Waals surface area contributed by atoms with Gasteiger partial charge in [0.1, 0.15) is 11.7 Å². The molecule has 1 unspecified atom stereocenters. The smallest absolute Gasteiger partial charge is 0.276 e. The summed E-state index contributed by atoms with van der Waals surface area (Å²) in [5.74, 6) is -0.498. The Hall–Kier alpha value is -6.42. The molecule has 3 saturated heterocycles. The number of amides is 4. The molecule has 0 bridgehead atoms. The van der Waals surface area contributed by atoms with E-state index in [2.05, 4.69) is 52.6 Å². The van der Waals surface area contributed by atoms with Crippen LogP contribution in [0.2, 0.25) is 0 Å². The lowest BCUT2D eigenvalue weighted by molar-refractivity contribution is -0.136. The third kappa shape index (κ3) is 6.76. The highest BCUT2D eigenvalue weighted by Gasteiger charge is 2.39. The van der Waals surface area contributed by atoms with Crippen LogP contribution >= 0.6 is 0 Å². The number of likely N-dealkylation sites (tertiary alicyclic amines) is 1. The number of nitrogens with one attached hydrogen (secondary N) is 2. The molecule has 8 heterocycles. The molecule has 3 fully saturated rings. The molecule has 2 aromatic carbocycles. The number of piperidine rings is 3. The highest BCUT2D eigenvalue weighted by molar-refractivity contribution is 6.07. The van der Waals surface area contributed by atoms with Crippen molar-refractivity contribution in [2.24, 2.45) is 13.0 Å². The van der Waals surface area contributed by atoms with Crippen LogP contribution in [0.3, 0.4) is 0 Å². The van der Waals surface area contributed by atoms with Gasteiger partial charge in [-0.1, -0.05) is 6.07 Å². The molecular weight excluding hydrogens is 737 g/mol. The maximum absolute atomic E-state index is 13.4. The summed E-state index contributed by atoms with van der Waals surface area (Å²) < 4.78 is 5.44. The molecule has 0 saturated carbocycles. The average molecular weight is 781 g/mol. The topological polar surface area (TPSA) is 168 Å². The van der Waals surface area contributed by atoms with E-state index in [1.165, 1.54) is 0 Å². The van der Waals surface area contributed by atoms with Gasteiger partial charge in [0.25, 0.3) is 11.8 Å². The molecule has 1 atom stereocenters. The van der Waals surface area contributed by atoms with Crippen molar-refractivity contribution >= 4 is 51.6 Å². The molecular formula is C42H44N12O4. The van der Waals surface area contributed by atoms with E-state index in [1.807, 2.05) is 37.5 Å². The van der Waals surface area contributed by atoms with Crippen molar-refractivity contribution in [1.82, 2.24) is 49.3 Å². The van der Waals surface area contributed by atoms with Crippen molar-refractivity contribution in [3.05, 3.63) is 90.3 Å². The molecule has 0 spiro atoms. The van der Waals surface area contributed by atoms with Crippen LogP contribution < -0.4 is 15.5 Å². The van der Waals surface area contributed by atoms with Gasteiger partial charge in [0.15, 0.2) is 5.65 Å². The van der Waals surface area contributed by atoms with Gasteiger partial charge < -0.3 is 20.0 Å². The predicted octanol–water partition coefficient (Wildman–Crippen LogP) is 4.05. The van der Waals surface area contributed by atoms with Crippen molar-refractivity contribution in [3.8, 4) is 11.1 Å². The fourth-order valence-corrected chi connectivity index (χ4v) is 9.15. The second kappa shape index (κ2) is 14.5. The molecule has 16 nitrogen and oxygen atoms in total. The summed E-state index contributed by atoms with van der Waals surface area (Å²) in [5.41, 5.74) is 6.85. The summed E-state index contributed by atoms with van der Waals surface area (Å²) in [6, 6.07) is 13.3. The molecule has 16 heteroatoms. The summed E-state index contributed by atoms with van der Waals surface area (Å²) >= 11 is 0. The number of hydrogen-bond acceptors (Lipinski definition) is 10. The van der Waals surface area contributed by atoms with Crippen molar-refractivity contribution in [2.75, 3.05) is 42.9 Å². The van der Waals surface area contributed by atoms with Crippen LogP contribution in [0.15, 0.2) is 73.4 Å². The lowest BCUT2D eigenvalue weighted by atomic mass is 9.94. The standard InChI is InChI=1S/C42H44N12O4/c1-49-23-29(21-44-49)32-20-35-28(18-36(32)45-40(56)34-4-6-38-43-12-17-53(38)47-34)25-54(48-35)30-10-13-50(14-11-30)22-26-8-15-51(16-9-26)31-3-2-27-24-52(42(58)33(27)19-31)37-5-7-39(55)46-41(37)57/h2-4,6,12,17-21,23,25-26,30,37H,5,7-11,13-16,22,24H2,1H3,(H,45,56)(H,46,55,57). The number of carbonyl (C=O) groups excluding carboxylic acids is 4. The second-order valence-corrected chi connectivity index (χ2v) is 16.1. The second-order valence-electron chi connectivity index (χ2n) is 16.1. The van der Waals surface area contributed by atoms with Gasteiger partial charge in [0, 0.05) is 111 Å². The van der Waals surface area contributed by atoms with Crippen molar-refractivity contribution in [3.63, 3.8) is 0 Å². The minimum absolute atomic E-state index is 0.130. The number of carbonyl (C=O) groups is 4. The number of nitrogens with zero attached hydrogens (tertiary/aromatic N) is 10. The molecule has 58 heavy (non-hydrogen) atoms. The Labute approximate surface area is 333 Å². The van der Waals surface area contributed by atoms with E-state index < -0.39 is 6.04 Å². The van der Waals surface area contributed by atoms with Gasteiger partial charge in [-0.3, -0.25) is 33.9 Å². The lowest BCUT2D eigenvalue weighted by Crippen LogP contribution is -2.52. The Balaban J connectivity index is 0.758. The van der Waals surface area contributed by atoms with Crippen LogP contribution in [0.1, 0.15) is 71.0 Å². The number of aryl methyl sites for hydroxylation is 1. The summed E-state index contributed by atoms with van der Waals surface area (Å²) in [6.45, 7) is 5.36. The number of rotatable bonds is 8. The fraction of sp³-hybridized carbons (Fsp3) is 0.381. The van der Waals surface area contributed by atoms with E-state index in [0.29, 0.717) is 35.8 Å². The monoisotopic (exact) mass is 780 g/mol. The van der Waals surface area contributed by atoms with Crippen molar-refractivity contribution < 1.29 is 19.2 Å². The lowest BCUT2D eigenvalue weighted by Gasteiger charge is -2.38. The molecule has 296 valence electrons. The van der Waals surface area contributed by atoms with Crippen LogP contribution in [0.25, 0.3) is 27.7 Å². The first kappa shape index (κ1) is 36.0. The maximum Gasteiger partial charge on any atom is 0.276 e. The number of benzene rings is 2. The first-order chi connectivity index (χ1) is 28.2. The van der Waals surface area contributed by atoms with Gasteiger partial charge in [0.05, 0.1) is 17.8 Å². The predicted molar refractivity (Wildman–Crippen MR) is 215 cm³/mol. The normalized spacial score (nSPS) is 19.7. The summed E-state index contributed by atoms with van der Waals surface area (Å²) in [5, 5.41) is 20.3. The number of anilines is 2. The Morgan fingerprint density at radius 1 is 0.914 bits per heavy atom. The SMILES string of the molecule is Cn1cc(-c2cc3nn(C4CCN(CC5CCN(c6ccc7c(c6)C(=O)N(C6CCC(=O)NC6=O)C7)CC5)CC4)cc3cc2NC(=O)c2ccc3nccn3n2)cn1. The van der Waals surface area contributed by atoms with Gasteiger partial charge in [-0.15, -0.1) is 0 Å². The van der Waals surface area contributed by atoms with Crippen LogP contribution in [0.5, 0.6) is 0 Å². The number of imide groups is 1. The number of imidazole rings is 1. The van der Waals surface area contributed by atoms with Gasteiger partial charge >= 0.3 is 0 Å². The molecule has 4 aromatic heterocycles. The van der Waals surface area contributed by atoms with E-state index in [9.17, 15) is 19.2 Å². The van der Waals surface area contributed by atoms with E-state index in [1.54, 1.807) is 44.8 Å². The molecule has 4 aliphatic rings. The molecule has 0 radical (unpaired) electrons. The minimum Gasteiger partial charge on any atom is -0.371 e. The van der Waals surface area contributed by atoms with Gasteiger partial charge in [-0.05, 0) is 80.0 Å². The third-order valence-electron chi connectivity index (χ3n) is 12.4. The number of hydrogen-bond donors (Lipinski definition) is 2. The fourth-order valence-electron chi connectivity index (χ4n) is 9.15. The quantitative estimate of drug-likeness (QED) is 0.215. The van der Waals surface area contributed by atoms with Crippen molar-refractivity contribution in [1.29, 1.82) is 0 Å². The van der Waals surface area contributed by atoms with E-state index >= 15 is 0 Å². The largest absolute Gasteiger partial charge is 0.371 e. The van der Waals surface area contributed by atoms with E-state index in [0.717, 1.165) is 91.7 Å². The van der Waals surface area contributed by atoms with Crippen LogP contribution in [-0.2, 0) is 23.2 Å². The zero-order valence-corrected chi connectivity index (χ0v) is 32.3. The van der Waals surface area contributed by atoms with Gasteiger partial charge in [-0.2, -0.15) is 15.3 Å². The molecule has 4 aliphatic heterocycles. The number of fused-ring (bicyclic) bond motifs is 3. The Morgan fingerprint density at radius 2 is 1.76 bits per heavy atom. The highest BCUT2D eigenvalue weighted by atomic mass is 16.2. The van der Waals surface area contributed by atoms with Gasteiger partial charge in [-0.25, -0.2) is 9.50 Å². The zero-order chi connectivity index (χ0) is 39.5. The van der Waals surface area contributed by atoms with Crippen LogP contribution in [0.4, 0.5) is 11.4 Å². The summed E-state index contributed by atoms with van der Waals surface area (Å²) in [4.78, 5) is 61.8. The molecule has 4 amide bonds. The van der Waals surface area contributed by atoms with E-state index in [4.69, 9.17) is 5.10 Å². The Bertz CT molecular complexity index is 2590. The summed E-state index contributed by atoms with van der Waals surface area (Å²) in [6.07, 6.45) is 14.0. The summed E-state index contributed by atoms with van der Waals surface area (Å²) in [7, 11) is 1.87. The van der Waals surface area contributed by atoms with Gasteiger partial charge in [0.2, 0.25) is 11.8 Å². The van der Waals surface area contributed by atoms with Crippen LogP contribution in [-0.4, -0.2) is 106 Å². The number of aromatic nitrogens is 7. The Kier molecular flexibility index (Phi) is 8.99. The highest BCUT2D eigenvalue weighted by Crippen LogP contribution is 2.35. The molecule has 0 aliphatic carbocycles. The first-order valence-electron chi connectivity index (χ1n) is 20.1. The van der Waals surface area contributed by atoms with Crippen LogP contribution in [0, 0.1) is 5.92 Å². The van der Waals surface area contributed by atoms with Crippen molar-refractivity contribution in [2.45, 2.75) is 57.2 Å². The maximum atomic E-state index is 13.4. The molecule has 10 rings (SSSR count). The first-order valence-corrected chi connectivity index (χ1v) is 20.1. The molecule has 6 aromatic rings. The third-order valence-corrected chi connectivity index (χ3v) is 12.4. The van der Waals surface area contributed by atoms with E-state index in [-0.39, 0.29) is 41.8 Å². The molecule has 2 N–H and O–H groups in total.